The van der Waals surface area contributed by atoms with Crippen molar-refractivity contribution in [3.05, 3.63) is 23.9 Å². The van der Waals surface area contributed by atoms with Crippen molar-refractivity contribution in [2.45, 2.75) is 25.7 Å². The van der Waals surface area contributed by atoms with Crippen LogP contribution in [0.1, 0.15) is 31.2 Å². The van der Waals surface area contributed by atoms with E-state index in [1.165, 1.54) is 12.8 Å². The van der Waals surface area contributed by atoms with Crippen molar-refractivity contribution in [2.24, 2.45) is 0 Å². The lowest BCUT2D eigenvalue weighted by molar-refractivity contribution is -0.132. The molecule has 2 aliphatic rings. The van der Waals surface area contributed by atoms with Crippen LogP contribution in [0.5, 0.6) is 0 Å². The largest absolute Gasteiger partial charge is 0.353 e. The topological polar surface area (TPSA) is 63.5 Å². The molecule has 0 saturated carbocycles. The molecule has 1 aromatic heterocycles. The van der Waals surface area contributed by atoms with Gasteiger partial charge in [-0.25, -0.2) is 4.98 Å². The molecular formula is C18H25N5O. The number of piperazine rings is 1. The number of hydrogen-bond donors (Lipinski definition) is 0. The summed E-state index contributed by atoms with van der Waals surface area (Å²) in [4.78, 5) is 23.2. The number of carbonyl (C=O) groups is 1. The number of aromatic nitrogens is 1. The highest BCUT2D eigenvalue weighted by atomic mass is 16.2. The molecule has 2 saturated heterocycles. The summed E-state index contributed by atoms with van der Waals surface area (Å²) < 4.78 is 0. The van der Waals surface area contributed by atoms with E-state index in [2.05, 4.69) is 20.9 Å². The lowest BCUT2D eigenvalue weighted by Crippen LogP contribution is -2.50. The Hall–Kier alpha value is -2.13. The molecule has 0 unspecified atom stereocenters. The standard InChI is InChI=1S/C18H25N5O/c19-14-16-6-5-7-20-18(16)23-12-10-21(11-13-23)15-17(24)22-8-3-1-2-4-9-22/h5-7H,1-4,8-13,15H2. The van der Waals surface area contributed by atoms with Gasteiger partial charge in [0.25, 0.3) is 0 Å². The number of pyridine rings is 1. The highest BCUT2D eigenvalue weighted by Gasteiger charge is 2.23. The van der Waals surface area contributed by atoms with Crippen LogP contribution in [0.15, 0.2) is 18.3 Å². The van der Waals surface area contributed by atoms with Gasteiger partial charge in [-0.05, 0) is 25.0 Å². The molecule has 24 heavy (non-hydrogen) atoms. The number of likely N-dealkylation sites (tertiary alicyclic amines) is 1. The van der Waals surface area contributed by atoms with Crippen molar-refractivity contribution in [1.82, 2.24) is 14.8 Å². The van der Waals surface area contributed by atoms with Crippen LogP contribution in [0.4, 0.5) is 5.82 Å². The second kappa shape index (κ2) is 8.11. The third-order valence-electron chi connectivity index (χ3n) is 4.90. The van der Waals surface area contributed by atoms with E-state index < -0.39 is 0 Å². The molecule has 0 aliphatic carbocycles. The predicted molar refractivity (Wildman–Crippen MR) is 92.7 cm³/mol. The molecule has 3 rings (SSSR count). The Kier molecular flexibility index (Phi) is 5.65. The predicted octanol–water partition coefficient (Wildman–Crippen LogP) is 1.48. The zero-order valence-corrected chi connectivity index (χ0v) is 14.2. The first-order chi connectivity index (χ1) is 11.8. The summed E-state index contributed by atoms with van der Waals surface area (Å²) in [5.74, 6) is 1.03. The van der Waals surface area contributed by atoms with Crippen molar-refractivity contribution < 1.29 is 4.79 Å². The molecule has 0 radical (unpaired) electrons. The van der Waals surface area contributed by atoms with Gasteiger partial charge < -0.3 is 9.80 Å². The zero-order chi connectivity index (χ0) is 16.8. The number of hydrogen-bond acceptors (Lipinski definition) is 5. The van der Waals surface area contributed by atoms with Crippen molar-refractivity contribution in [1.29, 1.82) is 5.26 Å². The monoisotopic (exact) mass is 327 g/mol. The molecule has 2 fully saturated rings. The van der Waals surface area contributed by atoms with Gasteiger partial charge in [0.05, 0.1) is 12.1 Å². The lowest BCUT2D eigenvalue weighted by Gasteiger charge is -2.36. The second-order valence-corrected chi connectivity index (χ2v) is 6.54. The number of rotatable bonds is 3. The minimum atomic E-state index is 0.265. The Labute approximate surface area is 143 Å². The zero-order valence-electron chi connectivity index (χ0n) is 14.2. The van der Waals surface area contributed by atoms with Gasteiger partial charge in [0, 0.05) is 45.5 Å². The summed E-state index contributed by atoms with van der Waals surface area (Å²) in [5, 5.41) is 9.21. The summed E-state index contributed by atoms with van der Waals surface area (Å²) >= 11 is 0. The highest BCUT2D eigenvalue weighted by molar-refractivity contribution is 5.78. The van der Waals surface area contributed by atoms with Gasteiger partial charge in [-0.1, -0.05) is 12.8 Å². The summed E-state index contributed by atoms with van der Waals surface area (Å²) in [5.41, 5.74) is 0.617. The Bertz CT molecular complexity index is 596. The van der Waals surface area contributed by atoms with Gasteiger partial charge in [-0.3, -0.25) is 9.69 Å². The Morgan fingerprint density at radius 3 is 2.46 bits per heavy atom. The number of amides is 1. The van der Waals surface area contributed by atoms with Crippen molar-refractivity contribution >= 4 is 11.7 Å². The summed E-state index contributed by atoms with van der Waals surface area (Å²) in [6.45, 7) is 5.62. The molecule has 0 atom stereocenters. The van der Waals surface area contributed by atoms with Crippen LogP contribution >= 0.6 is 0 Å². The Balaban J connectivity index is 1.52. The molecule has 6 heteroatoms. The Morgan fingerprint density at radius 2 is 1.79 bits per heavy atom. The smallest absolute Gasteiger partial charge is 0.236 e. The molecule has 1 amide bonds. The second-order valence-electron chi connectivity index (χ2n) is 6.54. The average molecular weight is 327 g/mol. The molecule has 6 nitrogen and oxygen atoms in total. The van der Waals surface area contributed by atoms with Crippen LogP contribution in [-0.4, -0.2) is 66.5 Å². The van der Waals surface area contributed by atoms with Gasteiger partial charge >= 0.3 is 0 Å². The Morgan fingerprint density at radius 1 is 1.08 bits per heavy atom. The molecule has 0 bridgehead atoms. The molecular weight excluding hydrogens is 302 g/mol. The van der Waals surface area contributed by atoms with Crippen LogP contribution in [0.3, 0.4) is 0 Å². The molecule has 0 N–H and O–H groups in total. The maximum absolute atomic E-state index is 12.5. The molecule has 3 heterocycles. The minimum Gasteiger partial charge on any atom is -0.353 e. The first-order valence-corrected chi connectivity index (χ1v) is 8.88. The van der Waals surface area contributed by atoms with E-state index in [4.69, 9.17) is 0 Å². The normalized spacial score (nSPS) is 19.6. The van der Waals surface area contributed by atoms with E-state index in [0.29, 0.717) is 12.1 Å². The van der Waals surface area contributed by atoms with Crippen LogP contribution in [-0.2, 0) is 4.79 Å². The SMILES string of the molecule is N#Cc1cccnc1N1CCN(CC(=O)N2CCCCCC2)CC1. The third kappa shape index (κ3) is 4.04. The van der Waals surface area contributed by atoms with Gasteiger partial charge in [0.1, 0.15) is 11.9 Å². The maximum atomic E-state index is 12.5. The van der Waals surface area contributed by atoms with Crippen molar-refractivity contribution in [3.8, 4) is 6.07 Å². The molecule has 0 spiro atoms. The van der Waals surface area contributed by atoms with E-state index in [1.807, 2.05) is 4.90 Å². The lowest BCUT2D eigenvalue weighted by atomic mass is 10.2. The number of nitrogens with zero attached hydrogens (tertiary/aromatic N) is 5. The van der Waals surface area contributed by atoms with Gasteiger partial charge in [0.15, 0.2) is 0 Å². The fourth-order valence-electron chi connectivity index (χ4n) is 3.47. The van der Waals surface area contributed by atoms with E-state index in [1.54, 1.807) is 18.3 Å². The molecule has 1 aromatic rings. The molecule has 128 valence electrons. The van der Waals surface area contributed by atoms with E-state index >= 15 is 0 Å². The minimum absolute atomic E-state index is 0.265. The fraction of sp³-hybridized carbons (Fsp3) is 0.611. The van der Waals surface area contributed by atoms with Gasteiger partial charge in [0.2, 0.25) is 5.91 Å². The quantitative estimate of drug-likeness (QED) is 0.841. The first-order valence-electron chi connectivity index (χ1n) is 8.88. The van der Waals surface area contributed by atoms with Crippen molar-refractivity contribution in [2.75, 3.05) is 50.7 Å². The van der Waals surface area contributed by atoms with E-state index in [9.17, 15) is 10.1 Å². The van der Waals surface area contributed by atoms with Crippen LogP contribution in [0, 0.1) is 11.3 Å². The number of anilines is 1. The maximum Gasteiger partial charge on any atom is 0.236 e. The highest BCUT2D eigenvalue weighted by Crippen LogP contribution is 2.18. The fourth-order valence-corrected chi connectivity index (χ4v) is 3.47. The van der Waals surface area contributed by atoms with E-state index in [0.717, 1.165) is 57.9 Å². The van der Waals surface area contributed by atoms with Crippen LogP contribution < -0.4 is 4.90 Å². The molecule has 2 aliphatic heterocycles. The summed E-state index contributed by atoms with van der Waals surface area (Å²) in [6, 6.07) is 5.80. The van der Waals surface area contributed by atoms with Gasteiger partial charge in [-0.2, -0.15) is 5.26 Å². The number of nitriles is 1. The molecule has 0 aromatic carbocycles. The third-order valence-corrected chi connectivity index (χ3v) is 4.90. The first kappa shape index (κ1) is 16.7. The average Bonchev–Trinajstić information content (AvgIpc) is 2.92. The van der Waals surface area contributed by atoms with Crippen LogP contribution in [0.25, 0.3) is 0 Å². The number of carbonyl (C=O) groups excluding carboxylic acids is 1. The van der Waals surface area contributed by atoms with Gasteiger partial charge in [-0.15, -0.1) is 0 Å². The van der Waals surface area contributed by atoms with E-state index in [-0.39, 0.29) is 5.91 Å². The summed E-state index contributed by atoms with van der Waals surface area (Å²) in [7, 11) is 0. The van der Waals surface area contributed by atoms with Crippen LogP contribution in [0.2, 0.25) is 0 Å². The summed E-state index contributed by atoms with van der Waals surface area (Å²) in [6.07, 6.45) is 6.49. The van der Waals surface area contributed by atoms with Crippen molar-refractivity contribution in [3.63, 3.8) is 0 Å².